The Hall–Kier alpha value is -3.14. The highest BCUT2D eigenvalue weighted by molar-refractivity contribution is 7.26. The van der Waals surface area contributed by atoms with Crippen LogP contribution in [0.3, 0.4) is 0 Å². The molecule has 29 heavy (non-hydrogen) atoms. The van der Waals surface area contributed by atoms with Gasteiger partial charge in [0.15, 0.2) is 0 Å². The fraction of sp³-hybridized carbons (Fsp3) is 0. The monoisotopic (exact) mass is 407 g/mol. The highest BCUT2D eigenvalue weighted by Gasteiger charge is 2.12. The molecule has 3 aromatic carbocycles. The number of thiophene rings is 2. The van der Waals surface area contributed by atoms with Gasteiger partial charge in [-0.05, 0) is 40.4 Å². The molecule has 0 bridgehead atoms. The van der Waals surface area contributed by atoms with Crippen LogP contribution in [0.15, 0.2) is 103 Å². The van der Waals surface area contributed by atoms with E-state index in [1.54, 1.807) is 0 Å². The van der Waals surface area contributed by atoms with Crippen LogP contribution < -0.4 is 0 Å². The molecule has 0 saturated heterocycles. The zero-order valence-electron chi connectivity index (χ0n) is 15.6. The van der Waals surface area contributed by atoms with Gasteiger partial charge < -0.3 is 4.57 Å². The van der Waals surface area contributed by atoms with Crippen LogP contribution in [0.25, 0.3) is 46.8 Å². The van der Waals surface area contributed by atoms with Gasteiger partial charge in [-0.25, -0.2) is 0 Å². The molecule has 6 rings (SSSR count). The molecule has 0 fully saturated rings. The number of hydrogen-bond donors (Lipinski definition) is 0. The molecule has 0 spiro atoms. The first-order valence-corrected chi connectivity index (χ1v) is 11.3. The Labute approximate surface area is 176 Å². The fourth-order valence-electron chi connectivity index (χ4n) is 4.04. The van der Waals surface area contributed by atoms with E-state index in [2.05, 4.69) is 107 Å². The first-order chi connectivity index (χ1) is 14.4. The Morgan fingerprint density at radius 2 is 1.41 bits per heavy atom. The topological polar surface area (TPSA) is 4.93 Å². The summed E-state index contributed by atoms with van der Waals surface area (Å²) in [6.07, 6.45) is 2.20. The lowest BCUT2D eigenvalue weighted by Gasteiger charge is -2.11. The minimum atomic E-state index is 1.23. The summed E-state index contributed by atoms with van der Waals surface area (Å²) in [6.45, 7) is 0. The Morgan fingerprint density at radius 3 is 2.41 bits per heavy atom. The molecule has 0 N–H and O–H groups in total. The van der Waals surface area contributed by atoms with Gasteiger partial charge in [0.2, 0.25) is 0 Å². The number of benzene rings is 3. The van der Waals surface area contributed by atoms with Gasteiger partial charge in [-0.3, -0.25) is 0 Å². The van der Waals surface area contributed by atoms with E-state index in [1.165, 1.54) is 46.8 Å². The maximum atomic E-state index is 2.37. The third-order valence-electron chi connectivity index (χ3n) is 5.35. The average Bonchev–Trinajstić information content (AvgIpc) is 3.39. The van der Waals surface area contributed by atoms with E-state index in [1.807, 2.05) is 22.7 Å². The summed E-state index contributed by atoms with van der Waals surface area (Å²) in [5.74, 6) is 0. The molecule has 0 unspecified atom stereocenters. The van der Waals surface area contributed by atoms with Crippen LogP contribution in [0.4, 0.5) is 0 Å². The van der Waals surface area contributed by atoms with Gasteiger partial charge in [-0.1, -0.05) is 66.7 Å². The van der Waals surface area contributed by atoms with Crippen molar-refractivity contribution >= 4 is 63.8 Å². The predicted molar refractivity (Wildman–Crippen MR) is 129 cm³/mol. The predicted octanol–water partition coefficient (Wildman–Crippen LogP) is 8.34. The molecule has 0 saturated carbocycles. The summed E-state index contributed by atoms with van der Waals surface area (Å²) in [4.78, 5) is 0. The molecule has 0 aliphatic carbocycles. The zero-order valence-corrected chi connectivity index (χ0v) is 17.2. The van der Waals surface area contributed by atoms with Crippen molar-refractivity contribution in [3.8, 4) is 5.69 Å². The number of fused-ring (bicyclic) bond motifs is 6. The van der Waals surface area contributed by atoms with Gasteiger partial charge in [0.1, 0.15) is 0 Å². The molecule has 0 aliphatic rings. The van der Waals surface area contributed by atoms with Crippen molar-refractivity contribution in [2.24, 2.45) is 0 Å². The van der Waals surface area contributed by atoms with Crippen molar-refractivity contribution in [2.45, 2.75) is 0 Å². The van der Waals surface area contributed by atoms with Crippen LogP contribution in [-0.2, 0) is 0 Å². The molecule has 1 nitrogen and oxygen atoms in total. The van der Waals surface area contributed by atoms with Crippen molar-refractivity contribution in [1.82, 2.24) is 4.57 Å². The van der Waals surface area contributed by atoms with Crippen molar-refractivity contribution in [2.75, 3.05) is 0 Å². The van der Waals surface area contributed by atoms with Crippen LogP contribution in [-0.4, -0.2) is 4.57 Å². The molecular formula is C26H17NS2. The first kappa shape index (κ1) is 16.8. The molecule has 138 valence electrons. The number of aromatic nitrogens is 1. The van der Waals surface area contributed by atoms with E-state index in [-0.39, 0.29) is 0 Å². The van der Waals surface area contributed by atoms with Crippen molar-refractivity contribution in [1.29, 1.82) is 0 Å². The number of hydrogen-bond acceptors (Lipinski definition) is 2. The highest BCUT2D eigenvalue weighted by atomic mass is 32.1. The molecule has 0 aliphatic heterocycles. The van der Waals surface area contributed by atoms with Gasteiger partial charge in [0.05, 0.1) is 20.6 Å². The summed E-state index contributed by atoms with van der Waals surface area (Å²) >= 11 is 3.68. The van der Waals surface area contributed by atoms with E-state index in [4.69, 9.17) is 0 Å². The molecule has 3 aromatic heterocycles. The lowest BCUT2D eigenvalue weighted by atomic mass is 10.1. The lowest BCUT2D eigenvalue weighted by molar-refractivity contribution is 1.14. The van der Waals surface area contributed by atoms with E-state index in [0.717, 1.165) is 0 Å². The summed E-state index contributed by atoms with van der Waals surface area (Å²) in [5, 5.41) is 7.35. The van der Waals surface area contributed by atoms with Crippen molar-refractivity contribution < 1.29 is 0 Å². The van der Waals surface area contributed by atoms with Crippen LogP contribution in [0.1, 0.15) is 0 Å². The Kier molecular flexibility index (Phi) is 3.89. The Bertz CT molecular complexity index is 1560. The molecule has 0 radical (unpaired) electrons. The van der Waals surface area contributed by atoms with Crippen LogP contribution in [0, 0.1) is 0 Å². The third kappa shape index (κ3) is 2.66. The SMILES string of the molecule is c1cccn(-c2cccc3c2sc2ccccc23)c2c(cc1)ccc1ccsc12. The number of rotatable bonds is 1. The smallest absolute Gasteiger partial charge is 0.0707 e. The summed E-state index contributed by atoms with van der Waals surface area (Å²) in [6, 6.07) is 32.6. The van der Waals surface area contributed by atoms with Crippen LogP contribution in [0.2, 0.25) is 0 Å². The van der Waals surface area contributed by atoms with Gasteiger partial charge in [-0.15, -0.1) is 22.7 Å². The third-order valence-corrected chi connectivity index (χ3v) is 7.50. The van der Waals surface area contributed by atoms with Crippen LogP contribution >= 0.6 is 22.7 Å². The first-order valence-electron chi connectivity index (χ1n) is 9.61. The largest absolute Gasteiger partial charge is 0.314 e. The second-order valence-electron chi connectivity index (χ2n) is 7.05. The second kappa shape index (κ2) is 6.73. The minimum absolute atomic E-state index is 1.23. The maximum absolute atomic E-state index is 2.37. The van der Waals surface area contributed by atoms with E-state index in [9.17, 15) is 0 Å². The fourth-order valence-corrected chi connectivity index (χ4v) is 6.20. The van der Waals surface area contributed by atoms with Crippen LogP contribution in [0.5, 0.6) is 0 Å². The average molecular weight is 408 g/mol. The quantitative estimate of drug-likeness (QED) is 0.258. The molecule has 0 amide bonds. The van der Waals surface area contributed by atoms with E-state index >= 15 is 0 Å². The van der Waals surface area contributed by atoms with Crippen molar-refractivity contribution in [3.05, 3.63) is 103 Å². The maximum Gasteiger partial charge on any atom is 0.0707 e. The Balaban J connectivity index is 1.84. The standard InChI is InChI=1S/C26H17NS2/c1-2-6-16-27(24-18(8-3-1)13-14-19-15-17-28-25(19)24)22-11-7-10-21-20-9-4-5-12-23(20)29-26(21)22/h1-17H. The second-order valence-corrected chi connectivity index (χ2v) is 9.02. The van der Waals surface area contributed by atoms with Gasteiger partial charge in [-0.2, -0.15) is 0 Å². The lowest BCUT2D eigenvalue weighted by Crippen LogP contribution is -1.95. The molecular weight excluding hydrogens is 390 g/mol. The summed E-state index contributed by atoms with van der Waals surface area (Å²) < 4.78 is 6.34. The normalized spacial score (nSPS) is 11.4. The molecule has 0 atom stereocenters. The van der Waals surface area contributed by atoms with Crippen molar-refractivity contribution in [3.63, 3.8) is 0 Å². The molecule has 3 heteroatoms. The van der Waals surface area contributed by atoms with Gasteiger partial charge >= 0.3 is 0 Å². The summed E-state index contributed by atoms with van der Waals surface area (Å²) in [7, 11) is 0. The zero-order chi connectivity index (χ0) is 19.2. The van der Waals surface area contributed by atoms with Gasteiger partial charge in [0.25, 0.3) is 0 Å². The molecule has 3 heterocycles. The highest BCUT2D eigenvalue weighted by Crippen LogP contribution is 2.39. The number of nitrogens with zero attached hydrogens (tertiary/aromatic N) is 1. The van der Waals surface area contributed by atoms with E-state index in [0.29, 0.717) is 0 Å². The Morgan fingerprint density at radius 1 is 0.586 bits per heavy atom. The van der Waals surface area contributed by atoms with Gasteiger partial charge in [0, 0.05) is 21.7 Å². The summed E-state index contributed by atoms with van der Waals surface area (Å²) in [5.41, 5.74) is 2.48. The van der Waals surface area contributed by atoms with E-state index < -0.39 is 0 Å². The minimum Gasteiger partial charge on any atom is -0.314 e. The molecule has 6 aromatic rings.